The third kappa shape index (κ3) is 4.73. The van der Waals surface area contributed by atoms with Crippen LogP contribution in [-0.4, -0.2) is 13.7 Å². The molecule has 0 saturated heterocycles. The minimum absolute atomic E-state index is 0.861. The number of furan rings is 1. The summed E-state index contributed by atoms with van der Waals surface area (Å²) in [5.41, 5.74) is 15.6. The summed E-state index contributed by atoms with van der Waals surface area (Å²) in [4.78, 5) is 0. The Balaban J connectivity index is 0.960. The van der Waals surface area contributed by atoms with Crippen molar-refractivity contribution in [2.24, 2.45) is 0 Å². The van der Waals surface area contributed by atoms with E-state index >= 15 is 0 Å². The zero-order valence-corrected chi connectivity index (χ0v) is 32.5. The highest BCUT2D eigenvalue weighted by Crippen LogP contribution is 2.43. The fraction of sp³-hybridized carbons (Fsp3) is 0. The second-order valence-electron chi connectivity index (χ2n) is 15.7. The zero-order chi connectivity index (χ0) is 39.3. The van der Waals surface area contributed by atoms with Gasteiger partial charge in [0.1, 0.15) is 5.58 Å². The molecule has 0 spiro atoms. The van der Waals surface area contributed by atoms with Gasteiger partial charge in [0, 0.05) is 54.9 Å². The Morgan fingerprint density at radius 1 is 0.283 bits per heavy atom. The quantitative estimate of drug-likeness (QED) is 0.171. The lowest BCUT2D eigenvalue weighted by molar-refractivity contribution is 0.646. The van der Waals surface area contributed by atoms with Crippen LogP contribution in [0.2, 0.25) is 0 Å². The van der Waals surface area contributed by atoms with E-state index in [0.29, 0.717) is 0 Å². The maximum Gasteiger partial charge on any atom is 0.213 e. The van der Waals surface area contributed by atoms with Crippen LogP contribution in [0.5, 0.6) is 0 Å². The fourth-order valence-electron chi connectivity index (χ4n) is 9.83. The van der Waals surface area contributed by atoms with Gasteiger partial charge in [-0.1, -0.05) is 133 Å². The lowest BCUT2D eigenvalue weighted by Gasteiger charge is -2.11. The molecule has 0 fully saturated rings. The molecule has 0 unspecified atom stereocenters. The van der Waals surface area contributed by atoms with Crippen molar-refractivity contribution in [2.75, 3.05) is 0 Å². The molecule has 4 nitrogen and oxygen atoms in total. The zero-order valence-electron chi connectivity index (χ0n) is 32.5. The van der Waals surface area contributed by atoms with Crippen LogP contribution in [0.1, 0.15) is 0 Å². The summed E-state index contributed by atoms with van der Waals surface area (Å²) in [5, 5.41) is 8.40. The molecule has 4 aromatic heterocycles. The minimum Gasteiger partial charge on any atom is -0.438 e. The molecule has 13 aromatic rings. The van der Waals surface area contributed by atoms with Gasteiger partial charge in [0.25, 0.3) is 0 Å². The first-order valence-corrected chi connectivity index (χ1v) is 20.5. The molecule has 9 aromatic carbocycles. The highest BCUT2D eigenvalue weighted by molar-refractivity contribution is 6.22. The maximum absolute atomic E-state index is 6.96. The van der Waals surface area contributed by atoms with Gasteiger partial charge < -0.3 is 13.6 Å². The van der Waals surface area contributed by atoms with E-state index in [1.54, 1.807) is 0 Å². The Bertz CT molecular complexity index is 3820. The van der Waals surface area contributed by atoms with Gasteiger partial charge in [-0.05, 0) is 95.6 Å². The number of hydrogen-bond donors (Lipinski definition) is 0. The van der Waals surface area contributed by atoms with Crippen LogP contribution < -0.4 is 0 Å². The number of rotatable bonds is 5. The Hall–Kier alpha value is -8.08. The summed E-state index contributed by atoms with van der Waals surface area (Å²) in [5.74, 6) is 0. The first-order chi connectivity index (χ1) is 29.8. The highest BCUT2D eigenvalue weighted by atomic mass is 16.3. The van der Waals surface area contributed by atoms with Crippen molar-refractivity contribution in [3.05, 3.63) is 212 Å². The normalized spacial score (nSPS) is 12.0. The van der Waals surface area contributed by atoms with Gasteiger partial charge in [-0.3, -0.25) is 4.57 Å². The largest absolute Gasteiger partial charge is 0.438 e. The van der Waals surface area contributed by atoms with Crippen molar-refractivity contribution in [1.82, 2.24) is 13.7 Å². The van der Waals surface area contributed by atoms with Crippen LogP contribution in [0.15, 0.2) is 217 Å². The molecule has 280 valence electrons. The number of fused-ring (bicyclic) bond motifs is 11. The summed E-state index contributed by atoms with van der Waals surface area (Å²) in [6.07, 6.45) is 0. The van der Waals surface area contributed by atoms with Gasteiger partial charge in [-0.15, -0.1) is 0 Å². The summed E-state index contributed by atoms with van der Waals surface area (Å²) >= 11 is 0. The molecular weight excluding hydrogens is 731 g/mol. The molecule has 60 heavy (non-hydrogen) atoms. The van der Waals surface area contributed by atoms with Crippen molar-refractivity contribution in [3.63, 3.8) is 0 Å². The van der Waals surface area contributed by atoms with Gasteiger partial charge in [-0.2, -0.15) is 0 Å². The SMILES string of the molecule is c1ccc(-n2c3ccccc3c3cc(-c4ccc5c(c4)c4ccccc4n5-c4cccc(-c5cccc6c5oc5c6c6ccccc6n5-c5ccccc5)c4)ccc32)cc1. The van der Waals surface area contributed by atoms with Crippen LogP contribution in [0.25, 0.3) is 116 Å². The molecular formula is C56H35N3O. The third-order valence-electron chi connectivity index (χ3n) is 12.4. The number of para-hydroxylation sites is 6. The predicted octanol–water partition coefficient (Wildman–Crippen LogP) is 15.1. The minimum atomic E-state index is 0.861. The molecule has 0 aliphatic heterocycles. The second kappa shape index (κ2) is 12.7. The number of aromatic nitrogens is 3. The van der Waals surface area contributed by atoms with Crippen LogP contribution >= 0.6 is 0 Å². The Morgan fingerprint density at radius 2 is 0.750 bits per heavy atom. The summed E-state index contributed by atoms with van der Waals surface area (Å²) < 4.78 is 14.0. The van der Waals surface area contributed by atoms with Crippen LogP contribution in [0.4, 0.5) is 0 Å². The van der Waals surface area contributed by atoms with Crippen molar-refractivity contribution >= 4 is 76.6 Å². The molecule has 0 atom stereocenters. The molecule has 0 aliphatic carbocycles. The molecule has 4 heteroatoms. The van der Waals surface area contributed by atoms with Crippen molar-refractivity contribution < 1.29 is 4.42 Å². The van der Waals surface area contributed by atoms with Crippen molar-refractivity contribution in [1.29, 1.82) is 0 Å². The van der Waals surface area contributed by atoms with Gasteiger partial charge in [-0.25, -0.2) is 0 Å². The van der Waals surface area contributed by atoms with Crippen molar-refractivity contribution in [2.45, 2.75) is 0 Å². The maximum atomic E-state index is 6.96. The highest BCUT2D eigenvalue weighted by Gasteiger charge is 2.22. The molecule has 0 radical (unpaired) electrons. The van der Waals surface area contributed by atoms with Gasteiger partial charge >= 0.3 is 0 Å². The summed E-state index contributed by atoms with van der Waals surface area (Å²) in [6.45, 7) is 0. The van der Waals surface area contributed by atoms with E-state index in [2.05, 4.69) is 226 Å². The summed E-state index contributed by atoms with van der Waals surface area (Å²) in [7, 11) is 0. The first-order valence-electron chi connectivity index (χ1n) is 20.5. The van der Waals surface area contributed by atoms with Gasteiger partial charge in [0.15, 0.2) is 0 Å². The van der Waals surface area contributed by atoms with Crippen LogP contribution in [0, 0.1) is 0 Å². The Labute approximate surface area is 345 Å². The number of nitrogens with zero attached hydrogens (tertiary/aromatic N) is 3. The van der Waals surface area contributed by atoms with Gasteiger partial charge in [0.05, 0.1) is 33.0 Å². The molecule has 0 N–H and O–H groups in total. The molecule has 13 rings (SSSR count). The molecule has 4 heterocycles. The average Bonchev–Trinajstić information content (AvgIpc) is 4.05. The van der Waals surface area contributed by atoms with Crippen molar-refractivity contribution in [3.8, 4) is 39.3 Å². The van der Waals surface area contributed by atoms with E-state index in [1.165, 1.54) is 65.8 Å². The standard InChI is InChI=1S/C56H35N3O/c1-3-16-39(17-4-1)57-49-26-10-7-21-43(49)47-34-36(29-31-52(47)57)37-30-32-53-48(35-37)44-22-8-11-27-50(44)58(53)41-20-13-15-38(33-41)42-24-14-25-46-54-45-23-9-12-28-51(45)59(56(54)60-55(42)46)40-18-5-2-6-19-40/h1-35H. The monoisotopic (exact) mass is 765 g/mol. The van der Waals surface area contributed by atoms with Gasteiger partial charge in [0.2, 0.25) is 5.71 Å². The van der Waals surface area contributed by atoms with E-state index in [0.717, 1.165) is 50.1 Å². The van der Waals surface area contributed by atoms with E-state index in [9.17, 15) is 0 Å². The third-order valence-corrected chi connectivity index (χ3v) is 12.4. The topological polar surface area (TPSA) is 27.9 Å². The smallest absolute Gasteiger partial charge is 0.213 e. The van der Waals surface area contributed by atoms with E-state index in [4.69, 9.17) is 4.42 Å². The number of benzene rings is 9. The molecule has 0 bridgehead atoms. The molecule has 0 amide bonds. The average molecular weight is 766 g/mol. The Morgan fingerprint density at radius 3 is 1.38 bits per heavy atom. The fourth-order valence-corrected chi connectivity index (χ4v) is 9.83. The van der Waals surface area contributed by atoms with E-state index < -0.39 is 0 Å². The lowest BCUT2D eigenvalue weighted by Crippen LogP contribution is -1.94. The van der Waals surface area contributed by atoms with Crippen LogP contribution in [-0.2, 0) is 0 Å². The van der Waals surface area contributed by atoms with E-state index in [1.807, 2.05) is 0 Å². The predicted molar refractivity (Wildman–Crippen MR) is 250 cm³/mol. The van der Waals surface area contributed by atoms with Crippen LogP contribution in [0.3, 0.4) is 0 Å². The molecule has 0 saturated carbocycles. The second-order valence-corrected chi connectivity index (χ2v) is 15.7. The first kappa shape index (κ1) is 32.9. The van der Waals surface area contributed by atoms with E-state index in [-0.39, 0.29) is 0 Å². The summed E-state index contributed by atoms with van der Waals surface area (Å²) in [6, 6.07) is 76.5. The lowest BCUT2D eigenvalue weighted by atomic mass is 10.0. The Kier molecular flexibility index (Phi) is 6.98. The molecule has 0 aliphatic rings. The number of hydrogen-bond acceptors (Lipinski definition) is 1.